The third-order valence-electron chi connectivity index (χ3n) is 4.67. The molecule has 148 valence electrons. The number of benzene rings is 1. The molecule has 0 bridgehead atoms. The van der Waals surface area contributed by atoms with Crippen LogP contribution in [0.2, 0.25) is 0 Å². The summed E-state index contributed by atoms with van der Waals surface area (Å²) in [6.07, 6.45) is 2.08. The van der Waals surface area contributed by atoms with E-state index in [1.807, 2.05) is 29.8 Å². The minimum atomic E-state index is -0.0373. The molecule has 0 aliphatic carbocycles. The summed E-state index contributed by atoms with van der Waals surface area (Å²) in [6, 6.07) is 7.79. The van der Waals surface area contributed by atoms with E-state index in [1.54, 1.807) is 0 Å². The molecule has 28 heavy (non-hydrogen) atoms. The molecule has 1 amide bonds. The third kappa shape index (κ3) is 4.55. The van der Waals surface area contributed by atoms with E-state index in [0.29, 0.717) is 18.7 Å². The lowest BCUT2D eigenvalue weighted by molar-refractivity contribution is -0.116. The summed E-state index contributed by atoms with van der Waals surface area (Å²) < 4.78 is 2.05. The molecule has 0 saturated carbocycles. The lowest BCUT2D eigenvalue weighted by Crippen LogP contribution is -2.13. The molecule has 3 heterocycles. The van der Waals surface area contributed by atoms with Gasteiger partial charge in [0.05, 0.1) is 11.4 Å². The SMILES string of the molecule is Cc1ccc(-c2nn[nH]n2)cc1NC(=O)CCc1cc2n(n1)CCCNC2.Cl. The van der Waals surface area contributed by atoms with E-state index in [0.717, 1.165) is 48.6 Å². The van der Waals surface area contributed by atoms with E-state index in [2.05, 4.69) is 42.4 Å². The van der Waals surface area contributed by atoms with Gasteiger partial charge in [-0.1, -0.05) is 12.1 Å². The molecule has 3 N–H and O–H groups in total. The summed E-state index contributed by atoms with van der Waals surface area (Å²) in [6.45, 7) is 4.73. The number of H-pyrrole nitrogens is 1. The zero-order valence-corrected chi connectivity index (χ0v) is 16.4. The highest BCUT2D eigenvalue weighted by atomic mass is 35.5. The number of amides is 1. The minimum Gasteiger partial charge on any atom is -0.326 e. The Balaban J connectivity index is 0.00000225. The number of aryl methyl sites for hydroxylation is 3. The van der Waals surface area contributed by atoms with Gasteiger partial charge in [-0.3, -0.25) is 9.48 Å². The molecule has 10 heteroatoms. The Kier molecular flexibility index (Phi) is 6.37. The van der Waals surface area contributed by atoms with E-state index in [4.69, 9.17) is 0 Å². The van der Waals surface area contributed by atoms with Crippen molar-refractivity contribution in [3.8, 4) is 11.4 Å². The highest BCUT2D eigenvalue weighted by Gasteiger charge is 2.13. The molecule has 0 spiro atoms. The molecule has 1 aliphatic heterocycles. The highest BCUT2D eigenvalue weighted by molar-refractivity contribution is 5.92. The van der Waals surface area contributed by atoms with Gasteiger partial charge in [0.2, 0.25) is 11.7 Å². The normalized spacial score (nSPS) is 13.3. The summed E-state index contributed by atoms with van der Waals surface area (Å²) in [5, 5.41) is 24.9. The molecule has 0 atom stereocenters. The topological polar surface area (TPSA) is 113 Å². The van der Waals surface area contributed by atoms with Crippen LogP contribution in [0.25, 0.3) is 11.4 Å². The van der Waals surface area contributed by atoms with E-state index in [9.17, 15) is 4.79 Å². The van der Waals surface area contributed by atoms with Crippen LogP contribution >= 0.6 is 12.4 Å². The number of carbonyl (C=O) groups excluding carboxylic acids is 1. The molecule has 0 radical (unpaired) electrons. The van der Waals surface area contributed by atoms with E-state index < -0.39 is 0 Å². The number of halogens is 1. The number of hydrogen-bond acceptors (Lipinski definition) is 6. The van der Waals surface area contributed by atoms with Gasteiger partial charge in [0.15, 0.2) is 0 Å². The molecule has 0 saturated heterocycles. The first-order valence-corrected chi connectivity index (χ1v) is 9.10. The van der Waals surface area contributed by atoms with Crippen molar-refractivity contribution in [2.24, 2.45) is 0 Å². The number of fused-ring (bicyclic) bond motifs is 1. The fourth-order valence-electron chi connectivity index (χ4n) is 3.18. The fraction of sp³-hybridized carbons (Fsp3) is 0.389. The summed E-state index contributed by atoms with van der Waals surface area (Å²) in [7, 11) is 0. The fourth-order valence-corrected chi connectivity index (χ4v) is 3.18. The van der Waals surface area contributed by atoms with Crippen LogP contribution in [0.1, 0.15) is 29.8 Å². The van der Waals surface area contributed by atoms with Gasteiger partial charge < -0.3 is 10.6 Å². The second kappa shape index (κ2) is 8.94. The maximum atomic E-state index is 12.4. The standard InChI is InChI=1S/C18H22N8O.ClH/c1-12-3-4-13(18-21-24-25-22-18)9-16(12)20-17(27)6-5-14-10-15-11-19-7-2-8-26(15)23-14;/h3-4,9-10,19H,2,5-8,11H2,1H3,(H,20,27)(H,21,22,24,25);1H. The molecule has 9 nitrogen and oxygen atoms in total. The molecular weight excluding hydrogens is 380 g/mol. The van der Waals surface area contributed by atoms with Gasteiger partial charge in [0.1, 0.15) is 0 Å². The number of nitrogens with zero attached hydrogens (tertiary/aromatic N) is 5. The first kappa shape index (κ1) is 20.0. The van der Waals surface area contributed by atoms with Gasteiger partial charge in [-0.25, -0.2) is 0 Å². The monoisotopic (exact) mass is 402 g/mol. The van der Waals surface area contributed by atoms with Crippen molar-refractivity contribution in [3.63, 3.8) is 0 Å². The quantitative estimate of drug-likeness (QED) is 0.600. The van der Waals surface area contributed by atoms with Crippen molar-refractivity contribution in [2.45, 2.75) is 39.3 Å². The van der Waals surface area contributed by atoms with Gasteiger partial charge in [0, 0.05) is 37.2 Å². The average Bonchev–Trinajstić information content (AvgIpc) is 3.28. The second-order valence-electron chi connectivity index (χ2n) is 6.69. The second-order valence-corrected chi connectivity index (χ2v) is 6.69. The number of nitrogens with one attached hydrogen (secondary N) is 3. The molecule has 0 unspecified atom stereocenters. The summed E-state index contributed by atoms with van der Waals surface area (Å²) >= 11 is 0. The van der Waals surface area contributed by atoms with Gasteiger partial charge in [-0.05, 0) is 42.8 Å². The number of aromatic amines is 1. The zero-order chi connectivity index (χ0) is 18.6. The summed E-state index contributed by atoms with van der Waals surface area (Å²) in [5.74, 6) is 0.461. The average molecular weight is 403 g/mol. The Morgan fingerprint density at radius 2 is 2.21 bits per heavy atom. The summed E-state index contributed by atoms with van der Waals surface area (Å²) in [5.41, 5.74) is 4.69. The van der Waals surface area contributed by atoms with E-state index in [-0.39, 0.29) is 18.3 Å². The number of rotatable bonds is 5. The number of anilines is 1. The van der Waals surface area contributed by atoms with Crippen LogP contribution < -0.4 is 10.6 Å². The Hall–Kier alpha value is -2.78. The molecule has 4 rings (SSSR count). The molecule has 3 aromatic rings. The van der Waals surface area contributed by atoms with Crippen LogP contribution in [-0.4, -0.2) is 42.9 Å². The van der Waals surface area contributed by atoms with Gasteiger partial charge >= 0.3 is 0 Å². The Morgan fingerprint density at radius 1 is 1.32 bits per heavy atom. The molecule has 1 aromatic carbocycles. The number of tetrazole rings is 1. The van der Waals surface area contributed by atoms with Gasteiger partial charge in [-0.15, -0.1) is 22.6 Å². The van der Waals surface area contributed by atoms with Gasteiger partial charge in [0.25, 0.3) is 0 Å². The number of carbonyl (C=O) groups is 1. The Bertz CT molecular complexity index is 914. The predicted octanol–water partition coefficient (Wildman–Crippen LogP) is 1.86. The molecule has 0 fully saturated rings. The predicted molar refractivity (Wildman–Crippen MR) is 107 cm³/mol. The van der Waals surface area contributed by atoms with Gasteiger partial charge in [-0.2, -0.15) is 10.3 Å². The highest BCUT2D eigenvalue weighted by Crippen LogP contribution is 2.22. The van der Waals surface area contributed by atoms with Crippen LogP contribution in [0.4, 0.5) is 5.69 Å². The van der Waals surface area contributed by atoms with Crippen LogP contribution in [0.3, 0.4) is 0 Å². The van der Waals surface area contributed by atoms with Crippen molar-refractivity contribution in [1.29, 1.82) is 0 Å². The molecular formula is C18H23ClN8O. The van der Waals surface area contributed by atoms with E-state index in [1.165, 1.54) is 5.69 Å². The maximum Gasteiger partial charge on any atom is 0.224 e. The lowest BCUT2D eigenvalue weighted by Gasteiger charge is -2.09. The number of hydrogen-bond donors (Lipinski definition) is 3. The third-order valence-corrected chi connectivity index (χ3v) is 4.67. The van der Waals surface area contributed by atoms with Crippen LogP contribution in [-0.2, 0) is 24.3 Å². The van der Waals surface area contributed by atoms with Crippen LogP contribution in [0.5, 0.6) is 0 Å². The molecule has 1 aliphatic rings. The lowest BCUT2D eigenvalue weighted by atomic mass is 10.1. The van der Waals surface area contributed by atoms with E-state index >= 15 is 0 Å². The minimum absolute atomic E-state index is 0. The van der Waals surface area contributed by atoms with Crippen LogP contribution in [0.15, 0.2) is 24.3 Å². The Morgan fingerprint density at radius 3 is 3.04 bits per heavy atom. The zero-order valence-electron chi connectivity index (χ0n) is 15.6. The largest absolute Gasteiger partial charge is 0.326 e. The van der Waals surface area contributed by atoms with Crippen molar-refractivity contribution in [2.75, 3.05) is 11.9 Å². The Labute approximate surface area is 168 Å². The maximum absolute atomic E-state index is 12.4. The first-order valence-electron chi connectivity index (χ1n) is 9.10. The number of aromatic nitrogens is 6. The molecule has 2 aromatic heterocycles. The van der Waals surface area contributed by atoms with Crippen molar-refractivity contribution < 1.29 is 4.79 Å². The van der Waals surface area contributed by atoms with Crippen molar-refractivity contribution in [3.05, 3.63) is 41.2 Å². The van der Waals surface area contributed by atoms with Crippen LogP contribution in [0, 0.1) is 6.92 Å². The summed E-state index contributed by atoms with van der Waals surface area (Å²) in [4.78, 5) is 12.4. The first-order chi connectivity index (χ1) is 13.2. The van der Waals surface area contributed by atoms with Crippen molar-refractivity contribution in [1.82, 2.24) is 35.7 Å². The van der Waals surface area contributed by atoms with Crippen molar-refractivity contribution >= 4 is 24.0 Å². The smallest absolute Gasteiger partial charge is 0.224 e.